The number of carbonyl (C=O) groups excluding carboxylic acids is 2. The van der Waals surface area contributed by atoms with Crippen molar-refractivity contribution in [3.8, 4) is 23.1 Å². The van der Waals surface area contributed by atoms with Crippen molar-refractivity contribution in [2.75, 3.05) is 44.2 Å². The summed E-state index contributed by atoms with van der Waals surface area (Å²) in [6.07, 6.45) is 6.04. The van der Waals surface area contributed by atoms with E-state index in [0.29, 0.717) is 54.8 Å². The Morgan fingerprint density at radius 2 is 1.62 bits per heavy atom. The van der Waals surface area contributed by atoms with E-state index in [2.05, 4.69) is 81.3 Å². The summed E-state index contributed by atoms with van der Waals surface area (Å²) in [6, 6.07) is 34.2. The number of anilines is 1. The normalized spacial score (nSPS) is 20.7. The zero-order chi connectivity index (χ0) is 39.6. The first-order valence-corrected chi connectivity index (χ1v) is 20.5. The molecule has 2 N–H and O–H groups in total. The smallest absolute Gasteiger partial charge is 0.255 e. The van der Waals surface area contributed by atoms with E-state index in [-0.39, 0.29) is 17.7 Å². The van der Waals surface area contributed by atoms with Crippen LogP contribution in [0.3, 0.4) is 0 Å². The summed E-state index contributed by atoms with van der Waals surface area (Å²) < 4.78 is 12.3. The number of benzene rings is 4. The minimum absolute atomic E-state index is 0.0990. The van der Waals surface area contributed by atoms with Gasteiger partial charge in [-0.15, -0.1) is 0 Å². The number of nitrogens with one attached hydrogen (secondary N) is 1. The molecule has 10 heteroatoms. The fourth-order valence-electron chi connectivity index (χ4n) is 9.19. The van der Waals surface area contributed by atoms with Gasteiger partial charge in [0.25, 0.3) is 5.91 Å². The van der Waals surface area contributed by atoms with E-state index in [1.165, 1.54) is 22.3 Å². The highest BCUT2D eigenvalue weighted by Gasteiger charge is 2.38. The summed E-state index contributed by atoms with van der Waals surface area (Å²) in [4.78, 5) is 36.7. The second-order valence-corrected chi connectivity index (χ2v) is 15.9. The number of aromatic hydroxyl groups is 1. The fourth-order valence-corrected chi connectivity index (χ4v) is 9.19. The molecule has 3 aliphatic heterocycles. The molecule has 0 bridgehead atoms. The molecule has 0 saturated carbocycles. The number of aryl methyl sites for hydroxylation is 1. The molecule has 5 aromatic rings. The maximum atomic E-state index is 13.1. The van der Waals surface area contributed by atoms with Gasteiger partial charge in [-0.1, -0.05) is 55.1 Å². The van der Waals surface area contributed by atoms with Gasteiger partial charge in [0.05, 0.1) is 18.5 Å². The van der Waals surface area contributed by atoms with E-state index in [0.717, 1.165) is 74.7 Å². The largest absolute Gasteiger partial charge is 0.508 e. The lowest BCUT2D eigenvalue weighted by Crippen LogP contribution is -2.49. The van der Waals surface area contributed by atoms with Crippen LogP contribution in [-0.4, -0.2) is 77.1 Å². The molecule has 2 fully saturated rings. The summed E-state index contributed by atoms with van der Waals surface area (Å²) in [5.41, 5.74) is 8.41. The highest BCUT2D eigenvalue weighted by molar-refractivity contribution is 6.01. The van der Waals surface area contributed by atoms with Crippen molar-refractivity contribution in [3.05, 3.63) is 155 Å². The van der Waals surface area contributed by atoms with Crippen LogP contribution in [0.15, 0.2) is 122 Å². The Balaban J connectivity index is 0.738. The molecule has 0 spiro atoms. The number of allylic oxidation sites excluding steroid dienone is 1. The van der Waals surface area contributed by atoms with Gasteiger partial charge in [0.1, 0.15) is 23.3 Å². The fraction of sp³-hybridized carbons (Fsp3) is 0.312. The third-order valence-electron chi connectivity index (χ3n) is 12.2. The molecule has 4 aromatic carbocycles. The number of fused-ring (bicyclic) bond motifs is 2. The van der Waals surface area contributed by atoms with Gasteiger partial charge in [-0.05, 0) is 114 Å². The predicted molar refractivity (Wildman–Crippen MR) is 224 cm³/mol. The second-order valence-electron chi connectivity index (χ2n) is 15.9. The summed E-state index contributed by atoms with van der Waals surface area (Å²) in [5, 5.41) is 13.0. The van der Waals surface area contributed by atoms with Crippen LogP contribution in [0.25, 0.3) is 0 Å². The topological polar surface area (TPSA) is 107 Å². The number of piperidine rings is 1. The first-order chi connectivity index (χ1) is 28.4. The average molecular weight is 776 g/mol. The molecule has 9 rings (SSSR count). The van der Waals surface area contributed by atoms with Gasteiger partial charge >= 0.3 is 0 Å². The summed E-state index contributed by atoms with van der Waals surface area (Å²) in [7, 11) is 0. The average Bonchev–Trinajstić information content (AvgIpc) is 3.57. The maximum absolute atomic E-state index is 13.1. The van der Waals surface area contributed by atoms with Gasteiger partial charge < -0.3 is 29.7 Å². The number of hydrogen-bond donors (Lipinski definition) is 2. The number of carbonyl (C=O) groups is 2. The van der Waals surface area contributed by atoms with Gasteiger partial charge in [0.2, 0.25) is 11.8 Å². The number of rotatable bonds is 11. The molecular weight excluding hydrogens is 727 g/mol. The summed E-state index contributed by atoms with van der Waals surface area (Å²) in [6.45, 7) is 9.55. The lowest BCUT2D eigenvalue weighted by molar-refractivity contribution is -0.126. The van der Waals surface area contributed by atoms with Crippen LogP contribution in [-0.2, 0) is 17.8 Å². The number of phenolic OH excluding ortho intramolecular Hbond substituents is 1. The number of ether oxygens (including phenoxy) is 2. The molecule has 2 saturated heterocycles. The number of nitrogens with zero attached hydrogens (tertiary/aromatic N) is 4. The molecule has 10 nitrogen and oxygen atoms in total. The Kier molecular flexibility index (Phi) is 10.6. The molecule has 4 heterocycles. The van der Waals surface area contributed by atoms with Crippen LogP contribution in [0.1, 0.15) is 75.7 Å². The van der Waals surface area contributed by atoms with Crippen LogP contribution >= 0.6 is 0 Å². The number of piperazine rings is 1. The van der Waals surface area contributed by atoms with E-state index >= 15 is 0 Å². The zero-order valence-corrected chi connectivity index (χ0v) is 32.7. The molecule has 1 aromatic heterocycles. The van der Waals surface area contributed by atoms with E-state index in [4.69, 9.17) is 9.47 Å². The van der Waals surface area contributed by atoms with Gasteiger partial charge in [-0.2, -0.15) is 0 Å². The summed E-state index contributed by atoms with van der Waals surface area (Å²) in [5.74, 6) is 2.66. The molecule has 0 radical (unpaired) electrons. The lowest BCUT2D eigenvalue weighted by Gasteiger charge is -2.36. The molecule has 58 heavy (non-hydrogen) atoms. The third-order valence-corrected chi connectivity index (χ3v) is 12.2. The van der Waals surface area contributed by atoms with Crippen molar-refractivity contribution in [2.24, 2.45) is 0 Å². The SMILES string of the molecule is C=C1CCC(N2Cc3cc(OCCCN4CCN(c5ccc(Oc6ccc([C@@H]7c8ccc(O)cc8CC[C@@H]7c7ccccc7)cc6)nc5)CC4)ccc3C2=O)C(=O)N1. The van der Waals surface area contributed by atoms with Crippen LogP contribution < -0.4 is 19.7 Å². The van der Waals surface area contributed by atoms with Crippen LogP contribution in [0.5, 0.6) is 23.1 Å². The third kappa shape index (κ3) is 7.89. The van der Waals surface area contributed by atoms with Gasteiger partial charge in [0.15, 0.2) is 0 Å². The highest BCUT2D eigenvalue weighted by atomic mass is 16.5. The number of aromatic nitrogens is 1. The number of pyridine rings is 1. The highest BCUT2D eigenvalue weighted by Crippen LogP contribution is 2.47. The standard InChI is InChI=1S/C48H49N5O5/c1-32-8-20-44(47(55)50-32)53-31-36-29-40(16-19-43(36)48(53)56)57-27-5-22-51-23-25-52(26-24-51)37-12-21-45(49-30-37)58-39-14-9-34(10-15-39)46-41(33-6-3-2-4-7-33)17-11-35-28-38(54)13-18-42(35)46/h2-4,6-7,9-10,12-16,18-19,21,28-30,41,44,46,54H,1,5,8,11,17,20,22-27,31H2,(H,50,55)/t41-,44?,46+/m1/s1. The number of hydrogen-bond acceptors (Lipinski definition) is 8. The van der Waals surface area contributed by atoms with E-state index < -0.39 is 6.04 Å². The predicted octanol–water partition coefficient (Wildman–Crippen LogP) is 7.78. The van der Waals surface area contributed by atoms with Gasteiger partial charge in [-0.3, -0.25) is 14.5 Å². The molecule has 1 unspecified atom stereocenters. The van der Waals surface area contributed by atoms with Gasteiger partial charge in [-0.25, -0.2) is 4.98 Å². The van der Waals surface area contributed by atoms with Crippen LogP contribution in [0, 0.1) is 0 Å². The summed E-state index contributed by atoms with van der Waals surface area (Å²) >= 11 is 0. The van der Waals surface area contributed by atoms with Crippen molar-refractivity contribution in [2.45, 2.75) is 56.5 Å². The van der Waals surface area contributed by atoms with Crippen LogP contribution in [0.2, 0.25) is 0 Å². The minimum atomic E-state index is -0.464. The monoisotopic (exact) mass is 775 g/mol. The van der Waals surface area contributed by atoms with Crippen molar-refractivity contribution in [1.82, 2.24) is 20.1 Å². The molecule has 2 amide bonds. The minimum Gasteiger partial charge on any atom is -0.508 e. The molecule has 296 valence electrons. The van der Waals surface area contributed by atoms with E-state index in [1.54, 1.807) is 11.0 Å². The maximum Gasteiger partial charge on any atom is 0.255 e. The molecule has 3 atom stereocenters. The molecular formula is C48H49N5O5. The lowest BCUT2D eigenvalue weighted by atomic mass is 9.69. The quantitative estimate of drug-likeness (QED) is 0.131. The molecule has 1 aliphatic carbocycles. The Labute approximate surface area is 339 Å². The molecule has 4 aliphatic rings. The van der Waals surface area contributed by atoms with E-state index in [9.17, 15) is 14.7 Å². The van der Waals surface area contributed by atoms with E-state index in [1.807, 2.05) is 48.7 Å². The Bertz CT molecular complexity index is 2290. The Hall–Kier alpha value is -6.13. The Morgan fingerprint density at radius 1 is 0.810 bits per heavy atom. The van der Waals surface area contributed by atoms with Crippen molar-refractivity contribution in [1.29, 1.82) is 0 Å². The van der Waals surface area contributed by atoms with Gasteiger partial charge in [0, 0.05) is 62.5 Å². The second kappa shape index (κ2) is 16.4. The first kappa shape index (κ1) is 37.4. The zero-order valence-electron chi connectivity index (χ0n) is 32.7. The van der Waals surface area contributed by atoms with Crippen molar-refractivity contribution in [3.63, 3.8) is 0 Å². The van der Waals surface area contributed by atoms with Crippen molar-refractivity contribution < 1.29 is 24.2 Å². The first-order valence-electron chi connectivity index (χ1n) is 20.5. The van der Waals surface area contributed by atoms with Crippen molar-refractivity contribution >= 4 is 17.5 Å². The number of amides is 2. The van der Waals surface area contributed by atoms with Crippen LogP contribution in [0.4, 0.5) is 5.69 Å². The number of phenols is 1. The Morgan fingerprint density at radius 3 is 2.40 bits per heavy atom.